The van der Waals surface area contributed by atoms with E-state index in [-0.39, 0.29) is 113 Å². The van der Waals surface area contributed by atoms with Gasteiger partial charge >= 0.3 is 29.9 Å². The first kappa shape index (κ1) is 45.5. The van der Waals surface area contributed by atoms with E-state index in [4.69, 9.17) is 18.0 Å². The van der Waals surface area contributed by atoms with Gasteiger partial charge < -0.3 is 37.0 Å². The number of benzene rings is 2. The van der Waals surface area contributed by atoms with Crippen molar-refractivity contribution in [3.63, 3.8) is 0 Å². The number of nitrogens with two attached hydrogens (primary N) is 2. The molecule has 28 nitrogen and oxygen atoms in total. The Bertz CT molecular complexity index is 3130. The van der Waals surface area contributed by atoms with Crippen LogP contribution >= 0.6 is 23.5 Å². The SMILES string of the molecule is [C-]#[N+]c1c(SC)nn(-c2cc(C(=O)O)cc(C(=O)O)c2)c1/N=N/c1c(C)nn(-c2nc(O)nc(-n3nc(C)c(/N=N/c4c(C#N)c(SC)nn4-c4cc(C(=O)O)cc(C(=O)O)c4)c3N)n2)c1N. The molecule has 0 radical (unpaired) electrons. The molecule has 67 heavy (non-hydrogen) atoms. The number of rotatable bonds is 14. The van der Waals surface area contributed by atoms with Gasteiger partial charge in [0.05, 0.1) is 51.6 Å². The molecule has 0 saturated heterocycles. The van der Waals surface area contributed by atoms with Crippen molar-refractivity contribution in [2.45, 2.75) is 23.9 Å². The summed E-state index contributed by atoms with van der Waals surface area (Å²) in [6, 6.07) is 7.62. The molecule has 2 aromatic carbocycles. The zero-order valence-electron chi connectivity index (χ0n) is 34.4. The van der Waals surface area contributed by atoms with E-state index in [1.807, 2.05) is 6.07 Å². The zero-order chi connectivity index (χ0) is 48.6. The number of nitriles is 1. The average molecular weight is 946 g/mol. The molecule has 0 bridgehead atoms. The molecule has 336 valence electrons. The number of anilines is 2. The minimum Gasteiger partial charge on any atom is -0.479 e. The number of azo groups is 2. The predicted octanol–water partition coefficient (Wildman–Crippen LogP) is 5.59. The van der Waals surface area contributed by atoms with Gasteiger partial charge in [0.15, 0.2) is 34.6 Å². The van der Waals surface area contributed by atoms with Gasteiger partial charge in [-0.05, 0) is 62.8 Å². The lowest BCUT2D eigenvalue weighted by atomic mass is 10.1. The first-order chi connectivity index (χ1) is 31.9. The maximum absolute atomic E-state index is 11.9. The molecule has 0 aliphatic carbocycles. The molecule has 0 fully saturated rings. The van der Waals surface area contributed by atoms with Crippen LogP contribution in [0.15, 0.2) is 66.9 Å². The number of carbonyl (C=O) groups is 4. The number of aromatic hydroxyl groups is 1. The Kier molecular flexibility index (Phi) is 12.2. The molecule has 5 heterocycles. The first-order valence-corrected chi connectivity index (χ1v) is 20.7. The summed E-state index contributed by atoms with van der Waals surface area (Å²) in [7, 11) is 0. The lowest BCUT2D eigenvalue weighted by Gasteiger charge is -2.08. The minimum atomic E-state index is -1.42. The molecule has 30 heteroatoms. The smallest absolute Gasteiger partial charge is 0.335 e. The number of carboxylic acids is 4. The van der Waals surface area contributed by atoms with E-state index in [0.717, 1.165) is 78.6 Å². The van der Waals surface area contributed by atoms with Crippen LogP contribution in [0.3, 0.4) is 0 Å². The van der Waals surface area contributed by atoms with Crippen molar-refractivity contribution in [2.24, 2.45) is 20.5 Å². The summed E-state index contributed by atoms with van der Waals surface area (Å²) in [5.74, 6) is -7.33. The Morgan fingerprint density at radius 3 is 1.43 bits per heavy atom. The summed E-state index contributed by atoms with van der Waals surface area (Å²) in [5, 5.41) is 93.9. The second kappa shape index (κ2) is 17.9. The highest BCUT2D eigenvalue weighted by atomic mass is 32.2. The molecule has 0 unspecified atom stereocenters. The Hall–Kier alpha value is -9.55. The fourth-order valence-electron chi connectivity index (χ4n) is 6.10. The molecule has 0 aliphatic rings. The van der Waals surface area contributed by atoms with Crippen LogP contribution in [0.5, 0.6) is 6.01 Å². The second-order valence-corrected chi connectivity index (χ2v) is 14.9. The highest BCUT2D eigenvalue weighted by Gasteiger charge is 2.26. The Morgan fingerprint density at radius 2 is 1.04 bits per heavy atom. The zero-order valence-corrected chi connectivity index (χ0v) is 36.0. The lowest BCUT2D eigenvalue weighted by molar-refractivity contribution is 0.0676. The van der Waals surface area contributed by atoms with E-state index >= 15 is 0 Å². The van der Waals surface area contributed by atoms with Gasteiger partial charge in [0, 0.05) is 0 Å². The number of thioether (sulfide) groups is 2. The number of hydrogen-bond donors (Lipinski definition) is 7. The maximum Gasteiger partial charge on any atom is 0.335 e. The molecule has 9 N–H and O–H groups in total. The molecule has 0 aliphatic heterocycles. The monoisotopic (exact) mass is 945 g/mol. The van der Waals surface area contributed by atoms with Crippen LogP contribution in [0.4, 0.5) is 40.3 Å². The molecule has 5 aromatic heterocycles. The van der Waals surface area contributed by atoms with Gasteiger partial charge in [-0.3, -0.25) is 0 Å². The Labute approximate surface area is 381 Å². The van der Waals surface area contributed by atoms with Gasteiger partial charge in [-0.1, -0.05) is 0 Å². The van der Waals surface area contributed by atoms with Crippen molar-refractivity contribution in [2.75, 3.05) is 24.0 Å². The number of nitrogen functional groups attached to an aromatic ring is 2. The number of nitrogens with zero attached hydrogens (tertiary/aromatic N) is 17. The summed E-state index contributed by atoms with van der Waals surface area (Å²) < 4.78 is 4.06. The van der Waals surface area contributed by atoms with Gasteiger partial charge in [0.2, 0.25) is 0 Å². The third-order valence-corrected chi connectivity index (χ3v) is 10.5. The van der Waals surface area contributed by atoms with Gasteiger partial charge in [0.1, 0.15) is 21.7 Å². The van der Waals surface area contributed by atoms with Crippen molar-refractivity contribution in [3.05, 3.63) is 87.0 Å². The number of aryl methyl sites for hydroxylation is 2. The number of aromatic carboxylic acids is 4. The average Bonchev–Trinajstić information content (AvgIpc) is 4.02. The fraction of sp³-hybridized carbons (Fsp3) is 0.108. The van der Waals surface area contributed by atoms with Gasteiger partial charge in [0.25, 0.3) is 17.6 Å². The van der Waals surface area contributed by atoms with E-state index in [1.54, 1.807) is 12.5 Å². The van der Waals surface area contributed by atoms with Crippen molar-refractivity contribution in [3.8, 4) is 35.4 Å². The lowest BCUT2D eigenvalue weighted by Crippen LogP contribution is -2.13. The number of aromatic nitrogens is 11. The third kappa shape index (κ3) is 8.48. The third-order valence-electron chi connectivity index (χ3n) is 9.15. The summed E-state index contributed by atoms with van der Waals surface area (Å²) in [6.07, 6.45) is 3.25. The van der Waals surface area contributed by atoms with Crippen LogP contribution in [0, 0.1) is 31.8 Å². The largest absolute Gasteiger partial charge is 0.479 e. The number of hydrogen-bond acceptors (Lipinski definition) is 21. The molecule has 0 atom stereocenters. The van der Waals surface area contributed by atoms with Crippen LogP contribution in [-0.4, -0.2) is 116 Å². The molecule has 7 rings (SSSR count). The molecule has 0 amide bonds. The van der Waals surface area contributed by atoms with E-state index in [1.165, 1.54) is 13.8 Å². The van der Waals surface area contributed by atoms with Gasteiger partial charge in [-0.25, -0.2) is 33.4 Å². The Balaban J connectivity index is 1.27. The Morgan fingerprint density at radius 1 is 0.642 bits per heavy atom. The van der Waals surface area contributed by atoms with E-state index in [9.17, 15) is 50.0 Å². The first-order valence-electron chi connectivity index (χ1n) is 18.2. The molecule has 0 saturated carbocycles. The minimum absolute atomic E-state index is 0.0506. The summed E-state index contributed by atoms with van der Waals surface area (Å²) in [4.78, 5) is 63.2. The molecular formula is C37H27N19O9S2. The van der Waals surface area contributed by atoms with E-state index in [2.05, 4.69) is 60.6 Å². The topological polar surface area (TPSA) is 409 Å². The van der Waals surface area contributed by atoms with Crippen LogP contribution in [0.1, 0.15) is 58.4 Å². The normalized spacial score (nSPS) is 11.3. The summed E-state index contributed by atoms with van der Waals surface area (Å²) in [6.45, 7) is 10.8. The number of carboxylic acid groups (broad SMARTS) is 4. The molecule has 0 spiro atoms. The van der Waals surface area contributed by atoms with Gasteiger partial charge in [-0.15, -0.1) is 44.0 Å². The van der Waals surface area contributed by atoms with Crippen molar-refractivity contribution >= 4 is 87.7 Å². The molecular weight excluding hydrogens is 919 g/mol. The molecule has 7 aromatic rings. The van der Waals surface area contributed by atoms with Crippen molar-refractivity contribution in [1.82, 2.24) is 54.1 Å². The fourth-order valence-corrected chi connectivity index (χ4v) is 7.10. The van der Waals surface area contributed by atoms with Crippen LogP contribution in [0.25, 0.3) is 28.1 Å². The van der Waals surface area contributed by atoms with Crippen molar-refractivity contribution < 1.29 is 44.7 Å². The quantitative estimate of drug-likeness (QED) is 0.0396. The summed E-state index contributed by atoms with van der Waals surface area (Å²) in [5.41, 5.74) is 11.2. The standard InChI is InChI=1S/C37H27N19O9S2/c1-13-22(45-47-27-21(12-38)29(66-4)51-53(27)19-8-15(31(57)58)6-16(9-19)32(59)60)25(39)55(49-13)35-42-36(44-37(65)43-35)56-26(40)23(14(2)50-56)46-48-28-24(41-3)30(67-5)52-54(28)20-10-17(33(61)62)7-18(11-20)34(63)64/h6-11H,39-40H2,1-2,4-5H3,(H,57,58)(H,59,60)(H,61,62)(H,63,64)(H,42,43,44,65)/b47-45+,48-46+. The van der Waals surface area contributed by atoms with Crippen LogP contribution in [-0.2, 0) is 0 Å². The van der Waals surface area contributed by atoms with E-state index < -0.39 is 29.9 Å². The maximum atomic E-state index is 11.9. The predicted molar refractivity (Wildman–Crippen MR) is 232 cm³/mol. The van der Waals surface area contributed by atoms with Crippen molar-refractivity contribution in [1.29, 1.82) is 5.26 Å². The summed E-state index contributed by atoms with van der Waals surface area (Å²) >= 11 is 2.13. The van der Waals surface area contributed by atoms with Gasteiger partial charge in [-0.2, -0.15) is 50.0 Å². The highest BCUT2D eigenvalue weighted by molar-refractivity contribution is 7.98. The van der Waals surface area contributed by atoms with Crippen LogP contribution < -0.4 is 11.5 Å². The second-order valence-electron chi connectivity index (χ2n) is 13.3. The van der Waals surface area contributed by atoms with Crippen LogP contribution in [0.2, 0.25) is 0 Å². The van der Waals surface area contributed by atoms with E-state index in [0.29, 0.717) is 0 Å². The highest BCUT2D eigenvalue weighted by Crippen LogP contribution is 2.41.